The van der Waals surface area contributed by atoms with Crippen LogP contribution in [-0.2, 0) is 10.3 Å². The van der Waals surface area contributed by atoms with Gasteiger partial charge in [0.2, 0.25) is 0 Å². The summed E-state index contributed by atoms with van der Waals surface area (Å²) in [5, 5.41) is 0. The molecule has 2 aromatic rings. The molecule has 2 nitrogen and oxygen atoms in total. The van der Waals surface area contributed by atoms with Crippen LogP contribution in [0.25, 0.3) is 0 Å². The first-order chi connectivity index (χ1) is 9.28. The Labute approximate surface area is 113 Å². The first-order valence-electron chi connectivity index (χ1n) is 6.66. The van der Waals surface area contributed by atoms with E-state index >= 15 is 0 Å². The van der Waals surface area contributed by atoms with Gasteiger partial charge in [-0.25, -0.2) is 4.79 Å². The Morgan fingerprint density at radius 3 is 2.42 bits per heavy atom. The molecular weight excluding hydrogens is 236 g/mol. The number of fused-ring (bicyclic) bond motifs is 1. The van der Waals surface area contributed by atoms with Crippen LogP contribution in [0.3, 0.4) is 0 Å². The van der Waals surface area contributed by atoms with Gasteiger partial charge in [0.15, 0.2) is 5.60 Å². The lowest BCUT2D eigenvalue weighted by Gasteiger charge is -2.29. The molecule has 19 heavy (non-hydrogen) atoms. The molecule has 0 radical (unpaired) electrons. The van der Waals surface area contributed by atoms with Crippen molar-refractivity contribution in [3.8, 4) is 0 Å². The molecule has 0 N–H and O–H groups in total. The fourth-order valence-corrected chi connectivity index (χ4v) is 2.89. The van der Waals surface area contributed by atoms with Crippen LogP contribution >= 0.6 is 0 Å². The van der Waals surface area contributed by atoms with Gasteiger partial charge in [0.25, 0.3) is 0 Å². The SMILES string of the molecule is CCCC1(c2ccccc2)OC(=O)c2ccccc21. The van der Waals surface area contributed by atoms with Crippen LogP contribution in [0.4, 0.5) is 0 Å². The first kappa shape index (κ1) is 12.0. The van der Waals surface area contributed by atoms with Crippen LogP contribution in [0.5, 0.6) is 0 Å². The molecule has 0 fully saturated rings. The smallest absolute Gasteiger partial charge is 0.339 e. The van der Waals surface area contributed by atoms with E-state index in [9.17, 15) is 4.79 Å². The lowest BCUT2D eigenvalue weighted by Crippen LogP contribution is -2.27. The zero-order valence-corrected chi connectivity index (χ0v) is 10.9. The van der Waals surface area contributed by atoms with E-state index in [1.54, 1.807) is 0 Å². The molecule has 3 rings (SSSR count). The third-order valence-electron chi connectivity index (χ3n) is 3.69. The molecule has 96 valence electrons. The summed E-state index contributed by atoms with van der Waals surface area (Å²) in [6, 6.07) is 17.7. The van der Waals surface area contributed by atoms with Gasteiger partial charge in [0.1, 0.15) is 0 Å². The van der Waals surface area contributed by atoms with Gasteiger partial charge < -0.3 is 4.74 Å². The Hall–Kier alpha value is -2.09. The molecule has 1 atom stereocenters. The largest absolute Gasteiger partial charge is 0.446 e. The molecule has 0 amide bonds. The predicted octanol–water partition coefficient (Wildman–Crippen LogP) is 3.90. The van der Waals surface area contributed by atoms with E-state index in [2.05, 4.69) is 6.92 Å². The van der Waals surface area contributed by atoms with Crippen molar-refractivity contribution in [1.82, 2.24) is 0 Å². The first-order valence-corrected chi connectivity index (χ1v) is 6.66. The van der Waals surface area contributed by atoms with Gasteiger partial charge in [-0.05, 0) is 12.5 Å². The molecule has 0 bridgehead atoms. The lowest BCUT2D eigenvalue weighted by molar-refractivity contribution is 0.00695. The number of carbonyl (C=O) groups excluding carboxylic acids is 1. The average Bonchev–Trinajstić information content (AvgIpc) is 2.75. The molecule has 0 spiro atoms. The van der Waals surface area contributed by atoms with Gasteiger partial charge in [0.05, 0.1) is 5.56 Å². The van der Waals surface area contributed by atoms with Crippen LogP contribution in [0.1, 0.15) is 41.3 Å². The Morgan fingerprint density at radius 2 is 1.68 bits per heavy atom. The summed E-state index contributed by atoms with van der Waals surface area (Å²) in [4.78, 5) is 12.1. The standard InChI is InChI=1S/C17H16O2/c1-2-12-17(13-8-4-3-5-9-13)15-11-7-6-10-14(15)16(18)19-17/h3-11H,2,12H2,1H3. The highest BCUT2D eigenvalue weighted by atomic mass is 16.6. The van der Waals surface area contributed by atoms with Crippen molar-refractivity contribution in [2.45, 2.75) is 25.4 Å². The molecule has 0 saturated carbocycles. The molecular formula is C17H16O2. The number of cyclic esters (lactones) is 1. The summed E-state index contributed by atoms with van der Waals surface area (Å²) in [5.41, 5.74) is 2.13. The van der Waals surface area contributed by atoms with Crippen molar-refractivity contribution in [3.63, 3.8) is 0 Å². The molecule has 1 aliphatic heterocycles. The summed E-state index contributed by atoms with van der Waals surface area (Å²) in [6.07, 6.45) is 1.76. The quantitative estimate of drug-likeness (QED) is 0.774. The van der Waals surface area contributed by atoms with E-state index in [1.807, 2.05) is 54.6 Å². The minimum Gasteiger partial charge on any atom is -0.446 e. The van der Waals surface area contributed by atoms with Gasteiger partial charge in [-0.1, -0.05) is 61.9 Å². The fourth-order valence-electron chi connectivity index (χ4n) is 2.89. The Morgan fingerprint density at radius 1 is 1.00 bits per heavy atom. The van der Waals surface area contributed by atoms with Crippen LogP contribution < -0.4 is 0 Å². The van der Waals surface area contributed by atoms with Crippen LogP contribution in [0.2, 0.25) is 0 Å². The van der Waals surface area contributed by atoms with Crippen LogP contribution in [-0.4, -0.2) is 5.97 Å². The Balaban J connectivity index is 2.22. The zero-order valence-electron chi connectivity index (χ0n) is 10.9. The van der Waals surface area contributed by atoms with E-state index in [4.69, 9.17) is 4.74 Å². The third-order valence-corrected chi connectivity index (χ3v) is 3.69. The van der Waals surface area contributed by atoms with Crippen molar-refractivity contribution < 1.29 is 9.53 Å². The highest BCUT2D eigenvalue weighted by Crippen LogP contribution is 2.44. The fraction of sp³-hybridized carbons (Fsp3) is 0.235. The van der Waals surface area contributed by atoms with Crippen molar-refractivity contribution >= 4 is 5.97 Å². The number of ether oxygens (including phenoxy) is 1. The normalized spacial score (nSPS) is 21.0. The molecule has 1 aliphatic rings. The van der Waals surface area contributed by atoms with Crippen molar-refractivity contribution in [3.05, 3.63) is 71.3 Å². The van der Waals surface area contributed by atoms with Crippen LogP contribution in [0, 0.1) is 0 Å². The van der Waals surface area contributed by atoms with E-state index in [0.717, 1.165) is 24.0 Å². The molecule has 2 aromatic carbocycles. The second-order valence-electron chi connectivity index (χ2n) is 4.88. The third kappa shape index (κ3) is 1.75. The maximum Gasteiger partial charge on any atom is 0.339 e. The van der Waals surface area contributed by atoms with Gasteiger partial charge in [-0.2, -0.15) is 0 Å². The molecule has 0 saturated heterocycles. The molecule has 2 heteroatoms. The highest BCUT2D eigenvalue weighted by molar-refractivity contribution is 5.95. The number of hydrogen-bond donors (Lipinski definition) is 0. The summed E-state index contributed by atoms with van der Waals surface area (Å²) < 4.78 is 5.81. The zero-order chi connectivity index (χ0) is 13.3. The number of benzene rings is 2. The monoisotopic (exact) mass is 252 g/mol. The highest BCUT2D eigenvalue weighted by Gasteiger charge is 2.45. The second kappa shape index (κ2) is 4.54. The van der Waals surface area contributed by atoms with E-state index in [-0.39, 0.29) is 5.97 Å². The second-order valence-corrected chi connectivity index (χ2v) is 4.88. The molecule has 0 aliphatic carbocycles. The lowest BCUT2D eigenvalue weighted by atomic mass is 9.82. The number of hydrogen-bond acceptors (Lipinski definition) is 2. The molecule has 1 heterocycles. The number of carbonyl (C=O) groups is 1. The number of rotatable bonds is 3. The summed E-state index contributed by atoms with van der Waals surface area (Å²) in [7, 11) is 0. The summed E-state index contributed by atoms with van der Waals surface area (Å²) in [5.74, 6) is -0.215. The molecule has 0 aromatic heterocycles. The van der Waals surface area contributed by atoms with E-state index in [0.29, 0.717) is 5.56 Å². The topological polar surface area (TPSA) is 26.3 Å². The maximum absolute atomic E-state index is 12.1. The van der Waals surface area contributed by atoms with Crippen LogP contribution in [0.15, 0.2) is 54.6 Å². The minimum atomic E-state index is -0.607. The van der Waals surface area contributed by atoms with E-state index < -0.39 is 5.60 Å². The minimum absolute atomic E-state index is 0.215. The Bertz CT molecular complexity index is 604. The van der Waals surface area contributed by atoms with Gasteiger partial charge in [0, 0.05) is 11.1 Å². The van der Waals surface area contributed by atoms with E-state index in [1.165, 1.54) is 0 Å². The van der Waals surface area contributed by atoms with Gasteiger partial charge in [-0.3, -0.25) is 0 Å². The predicted molar refractivity (Wildman–Crippen MR) is 74.0 cm³/mol. The Kier molecular flexibility index (Phi) is 2.86. The average molecular weight is 252 g/mol. The maximum atomic E-state index is 12.1. The summed E-state index contributed by atoms with van der Waals surface area (Å²) >= 11 is 0. The van der Waals surface area contributed by atoms with Crippen molar-refractivity contribution in [2.24, 2.45) is 0 Å². The van der Waals surface area contributed by atoms with Gasteiger partial charge >= 0.3 is 5.97 Å². The summed E-state index contributed by atoms with van der Waals surface area (Å²) in [6.45, 7) is 2.11. The number of esters is 1. The van der Waals surface area contributed by atoms with Crippen molar-refractivity contribution in [1.29, 1.82) is 0 Å². The molecule has 1 unspecified atom stereocenters. The van der Waals surface area contributed by atoms with Gasteiger partial charge in [-0.15, -0.1) is 0 Å². The van der Waals surface area contributed by atoms with Crippen molar-refractivity contribution in [2.75, 3.05) is 0 Å².